The molecule has 3 heterocycles. The predicted molar refractivity (Wildman–Crippen MR) is 95.4 cm³/mol. The first-order valence-electron chi connectivity index (χ1n) is 8.47. The van der Waals surface area contributed by atoms with E-state index in [1.807, 2.05) is 10.7 Å². The molecule has 0 aliphatic carbocycles. The van der Waals surface area contributed by atoms with E-state index in [1.165, 1.54) is 11.1 Å². The molecule has 5 heteroatoms. The summed E-state index contributed by atoms with van der Waals surface area (Å²) in [5.74, 6) is 0.903. The van der Waals surface area contributed by atoms with Crippen LogP contribution in [0.25, 0.3) is 16.8 Å². The van der Waals surface area contributed by atoms with Crippen molar-refractivity contribution in [3.8, 4) is 11.3 Å². The quantitative estimate of drug-likeness (QED) is 0.788. The molecule has 24 heavy (non-hydrogen) atoms. The van der Waals surface area contributed by atoms with Gasteiger partial charge in [-0.2, -0.15) is 5.10 Å². The number of fused-ring (bicyclic) bond motifs is 1. The largest absolute Gasteiger partial charge is 0.391 e. The lowest BCUT2D eigenvalue weighted by molar-refractivity contribution is 0.154. The number of aryl methyl sites for hydroxylation is 2. The van der Waals surface area contributed by atoms with Gasteiger partial charge >= 0.3 is 0 Å². The zero-order chi connectivity index (χ0) is 16.7. The Labute approximate surface area is 141 Å². The smallest absolute Gasteiger partial charge is 0.154 e. The Hall–Kier alpha value is -2.40. The van der Waals surface area contributed by atoms with Gasteiger partial charge in [-0.25, -0.2) is 9.50 Å². The van der Waals surface area contributed by atoms with Crippen LogP contribution in [0.2, 0.25) is 0 Å². The van der Waals surface area contributed by atoms with Gasteiger partial charge in [0, 0.05) is 31.0 Å². The molecule has 0 spiro atoms. The van der Waals surface area contributed by atoms with Crippen molar-refractivity contribution in [1.29, 1.82) is 0 Å². The molecule has 1 aliphatic heterocycles. The molecule has 5 nitrogen and oxygen atoms in total. The van der Waals surface area contributed by atoms with Gasteiger partial charge in [0.25, 0.3) is 0 Å². The fourth-order valence-electron chi connectivity index (χ4n) is 3.44. The van der Waals surface area contributed by atoms with Gasteiger partial charge in [-0.3, -0.25) is 0 Å². The molecule has 0 bridgehead atoms. The summed E-state index contributed by atoms with van der Waals surface area (Å²) in [6, 6.07) is 8.53. The second-order valence-electron chi connectivity index (χ2n) is 6.67. The highest BCUT2D eigenvalue weighted by molar-refractivity contribution is 5.76. The van der Waals surface area contributed by atoms with Gasteiger partial charge in [0.15, 0.2) is 5.82 Å². The van der Waals surface area contributed by atoms with E-state index in [0.717, 1.165) is 42.0 Å². The van der Waals surface area contributed by atoms with Crippen LogP contribution in [0.1, 0.15) is 24.0 Å². The van der Waals surface area contributed by atoms with E-state index in [9.17, 15) is 5.11 Å². The third kappa shape index (κ3) is 2.65. The summed E-state index contributed by atoms with van der Waals surface area (Å²) in [6.07, 6.45) is 5.24. The van der Waals surface area contributed by atoms with E-state index in [0.29, 0.717) is 6.54 Å². The Bertz CT molecular complexity index is 886. The number of hydrogen-bond acceptors (Lipinski definition) is 4. The first-order valence-corrected chi connectivity index (χ1v) is 8.47. The van der Waals surface area contributed by atoms with Crippen LogP contribution >= 0.6 is 0 Å². The highest BCUT2D eigenvalue weighted by Gasteiger charge is 2.21. The van der Waals surface area contributed by atoms with Crippen molar-refractivity contribution in [2.24, 2.45) is 0 Å². The number of rotatable bonds is 2. The lowest BCUT2D eigenvalue weighted by Crippen LogP contribution is -2.38. The zero-order valence-electron chi connectivity index (χ0n) is 14.1. The summed E-state index contributed by atoms with van der Waals surface area (Å²) < 4.78 is 1.89. The minimum absolute atomic E-state index is 0.276. The van der Waals surface area contributed by atoms with Crippen LogP contribution in [0.4, 0.5) is 5.82 Å². The number of nitrogens with zero attached hydrogens (tertiary/aromatic N) is 4. The Balaban J connectivity index is 1.81. The van der Waals surface area contributed by atoms with Gasteiger partial charge in [0.05, 0.1) is 11.8 Å². The number of piperidine rings is 1. The zero-order valence-corrected chi connectivity index (χ0v) is 14.1. The molecule has 1 unspecified atom stereocenters. The fraction of sp³-hybridized carbons (Fsp3) is 0.368. The molecule has 1 aromatic carbocycles. The maximum atomic E-state index is 9.97. The maximum Gasteiger partial charge on any atom is 0.154 e. The molecular formula is C19H22N4O. The normalized spacial score (nSPS) is 18.3. The van der Waals surface area contributed by atoms with Gasteiger partial charge in [0.1, 0.15) is 5.52 Å². The van der Waals surface area contributed by atoms with E-state index in [1.54, 1.807) is 6.20 Å². The van der Waals surface area contributed by atoms with Crippen molar-refractivity contribution in [2.45, 2.75) is 32.8 Å². The van der Waals surface area contributed by atoms with Crippen molar-refractivity contribution in [3.63, 3.8) is 0 Å². The number of aliphatic hydroxyl groups excluding tert-OH is 1. The molecule has 4 rings (SSSR count). The molecule has 1 fully saturated rings. The number of hydrogen-bond donors (Lipinski definition) is 1. The monoisotopic (exact) mass is 322 g/mol. The van der Waals surface area contributed by atoms with Crippen molar-refractivity contribution in [2.75, 3.05) is 18.0 Å². The van der Waals surface area contributed by atoms with E-state index in [-0.39, 0.29) is 6.10 Å². The van der Waals surface area contributed by atoms with Crippen LogP contribution in [-0.2, 0) is 0 Å². The molecule has 124 valence electrons. The molecule has 0 radical (unpaired) electrons. The summed E-state index contributed by atoms with van der Waals surface area (Å²) in [4.78, 5) is 6.73. The van der Waals surface area contributed by atoms with Crippen LogP contribution < -0.4 is 4.90 Å². The minimum atomic E-state index is -0.276. The predicted octanol–water partition coefficient (Wildman–Crippen LogP) is 2.97. The van der Waals surface area contributed by atoms with E-state index in [4.69, 9.17) is 5.10 Å². The Morgan fingerprint density at radius 3 is 2.92 bits per heavy atom. The highest BCUT2D eigenvalue weighted by Crippen LogP contribution is 2.29. The molecule has 0 amide bonds. The fourth-order valence-corrected chi connectivity index (χ4v) is 3.44. The van der Waals surface area contributed by atoms with E-state index < -0.39 is 0 Å². The molecular weight excluding hydrogens is 300 g/mol. The van der Waals surface area contributed by atoms with Gasteiger partial charge in [0.2, 0.25) is 0 Å². The van der Waals surface area contributed by atoms with Crippen molar-refractivity contribution >= 4 is 11.3 Å². The van der Waals surface area contributed by atoms with Crippen molar-refractivity contribution in [1.82, 2.24) is 14.6 Å². The number of aliphatic hydroxyl groups is 1. The SMILES string of the molecule is Cc1ccc(C)c(-c2cc3c(N4CCCC(O)C4)nccn3n2)c1. The Kier molecular flexibility index (Phi) is 3.73. The first kappa shape index (κ1) is 15.1. The summed E-state index contributed by atoms with van der Waals surface area (Å²) in [6.45, 7) is 5.77. The van der Waals surface area contributed by atoms with Gasteiger partial charge in [-0.05, 0) is 44.4 Å². The van der Waals surface area contributed by atoms with Crippen LogP contribution in [0.3, 0.4) is 0 Å². The third-order valence-corrected chi connectivity index (χ3v) is 4.73. The van der Waals surface area contributed by atoms with Crippen LogP contribution in [0.5, 0.6) is 0 Å². The second kappa shape index (κ2) is 5.91. The van der Waals surface area contributed by atoms with Crippen LogP contribution in [0, 0.1) is 13.8 Å². The van der Waals surface area contributed by atoms with Crippen LogP contribution in [-0.4, -0.2) is 38.9 Å². The first-order chi connectivity index (χ1) is 11.6. The molecule has 3 aromatic rings. The second-order valence-corrected chi connectivity index (χ2v) is 6.67. The summed E-state index contributed by atoms with van der Waals surface area (Å²) in [5, 5.41) is 14.7. The summed E-state index contributed by atoms with van der Waals surface area (Å²) >= 11 is 0. The number of β-amino-alcohol motifs (C(OH)–C–C–N with tert-alkyl or cyclic N) is 1. The molecule has 2 aromatic heterocycles. The average Bonchev–Trinajstić information content (AvgIpc) is 3.01. The Morgan fingerprint density at radius 1 is 1.21 bits per heavy atom. The van der Waals surface area contributed by atoms with Crippen LogP contribution in [0.15, 0.2) is 36.7 Å². The standard InChI is InChI=1S/C19H22N4O/c1-13-5-6-14(2)16(10-13)17-11-18-19(20-7-9-23(18)21-17)22-8-3-4-15(24)12-22/h5-7,9-11,15,24H,3-4,8,12H2,1-2H3. The summed E-state index contributed by atoms with van der Waals surface area (Å²) in [5.41, 5.74) is 5.55. The molecule has 0 saturated carbocycles. The van der Waals surface area contributed by atoms with Gasteiger partial charge in [-0.15, -0.1) is 0 Å². The molecule has 1 saturated heterocycles. The summed E-state index contributed by atoms with van der Waals surface area (Å²) in [7, 11) is 0. The lowest BCUT2D eigenvalue weighted by atomic mass is 10.0. The number of anilines is 1. The highest BCUT2D eigenvalue weighted by atomic mass is 16.3. The maximum absolute atomic E-state index is 9.97. The average molecular weight is 322 g/mol. The van der Waals surface area contributed by atoms with E-state index in [2.05, 4.69) is 48.0 Å². The van der Waals surface area contributed by atoms with E-state index >= 15 is 0 Å². The van der Waals surface area contributed by atoms with Crippen molar-refractivity contribution < 1.29 is 5.11 Å². The Morgan fingerprint density at radius 2 is 2.08 bits per heavy atom. The molecule has 1 N–H and O–H groups in total. The molecule has 1 aliphatic rings. The third-order valence-electron chi connectivity index (χ3n) is 4.73. The van der Waals surface area contributed by atoms with Gasteiger partial charge < -0.3 is 10.0 Å². The number of benzene rings is 1. The number of aromatic nitrogens is 3. The lowest BCUT2D eigenvalue weighted by Gasteiger charge is -2.31. The van der Waals surface area contributed by atoms with Crippen molar-refractivity contribution in [3.05, 3.63) is 47.8 Å². The minimum Gasteiger partial charge on any atom is -0.391 e. The molecule has 1 atom stereocenters. The topological polar surface area (TPSA) is 53.7 Å². The van der Waals surface area contributed by atoms with Gasteiger partial charge in [-0.1, -0.05) is 17.7 Å².